The number of ether oxygens (including phenoxy) is 1. The van der Waals surface area contributed by atoms with E-state index in [-0.39, 0.29) is 18.3 Å². The summed E-state index contributed by atoms with van der Waals surface area (Å²) >= 11 is 1.44. The highest BCUT2D eigenvalue weighted by atomic mass is 32.1. The van der Waals surface area contributed by atoms with Crippen LogP contribution in [0.2, 0.25) is 0 Å². The Morgan fingerprint density at radius 2 is 1.85 bits per heavy atom. The third-order valence-electron chi connectivity index (χ3n) is 4.28. The fraction of sp³-hybridized carbons (Fsp3) is 0.143. The van der Waals surface area contributed by atoms with Crippen molar-refractivity contribution < 1.29 is 13.9 Å². The lowest BCUT2D eigenvalue weighted by molar-refractivity contribution is 0.0995. The van der Waals surface area contributed by atoms with Gasteiger partial charge in [-0.15, -0.1) is 11.3 Å². The highest BCUT2D eigenvalue weighted by Crippen LogP contribution is 2.29. The van der Waals surface area contributed by atoms with Crippen molar-refractivity contribution in [2.45, 2.75) is 20.5 Å². The van der Waals surface area contributed by atoms with Crippen LogP contribution in [-0.4, -0.2) is 10.9 Å². The highest BCUT2D eigenvalue weighted by molar-refractivity contribution is 7.15. The summed E-state index contributed by atoms with van der Waals surface area (Å²) in [6.45, 7) is 4.13. The molecule has 0 aliphatic rings. The molecule has 0 aliphatic heterocycles. The first kappa shape index (κ1) is 17.3. The van der Waals surface area contributed by atoms with Crippen LogP contribution in [-0.2, 0) is 6.61 Å². The Labute approximate surface area is 160 Å². The second kappa shape index (κ2) is 7.25. The van der Waals surface area contributed by atoms with Gasteiger partial charge < -0.3 is 9.15 Å². The number of carbonyl (C=O) groups is 1. The maximum atomic E-state index is 12.8. The number of hydrogen-bond acceptors (Lipinski definition) is 5. The lowest BCUT2D eigenvalue weighted by Gasteiger charge is -2.06. The molecule has 2 heterocycles. The molecule has 27 heavy (non-hydrogen) atoms. The minimum Gasteiger partial charge on any atom is -0.489 e. The maximum Gasteiger partial charge on any atom is 0.293 e. The van der Waals surface area contributed by atoms with Gasteiger partial charge in [-0.3, -0.25) is 10.1 Å². The van der Waals surface area contributed by atoms with Crippen LogP contribution in [0, 0.1) is 13.8 Å². The molecule has 2 aromatic carbocycles. The first-order valence-electron chi connectivity index (χ1n) is 8.55. The zero-order valence-electron chi connectivity index (χ0n) is 15.0. The van der Waals surface area contributed by atoms with Gasteiger partial charge in [-0.25, -0.2) is 4.98 Å². The summed E-state index contributed by atoms with van der Waals surface area (Å²) in [7, 11) is 0. The van der Waals surface area contributed by atoms with Gasteiger partial charge in [0.25, 0.3) is 5.91 Å². The number of para-hydroxylation sites is 2. The molecule has 1 amide bonds. The molecule has 0 spiro atoms. The van der Waals surface area contributed by atoms with E-state index in [2.05, 4.69) is 10.3 Å². The number of amides is 1. The summed E-state index contributed by atoms with van der Waals surface area (Å²) in [6.07, 6.45) is 0. The third-order valence-corrected chi connectivity index (χ3v) is 5.27. The van der Waals surface area contributed by atoms with Gasteiger partial charge in [0.2, 0.25) is 0 Å². The molecule has 0 fully saturated rings. The number of thiazole rings is 1. The van der Waals surface area contributed by atoms with Crippen LogP contribution in [0.25, 0.3) is 11.0 Å². The molecule has 0 saturated carbocycles. The van der Waals surface area contributed by atoms with Gasteiger partial charge in [-0.1, -0.05) is 36.4 Å². The van der Waals surface area contributed by atoms with Crippen LogP contribution in [0.1, 0.15) is 26.7 Å². The monoisotopic (exact) mass is 378 g/mol. The Balaban J connectivity index is 1.65. The zero-order chi connectivity index (χ0) is 18.8. The quantitative estimate of drug-likeness (QED) is 0.509. The van der Waals surface area contributed by atoms with Crippen LogP contribution < -0.4 is 10.1 Å². The molecule has 0 unspecified atom stereocenters. The Morgan fingerprint density at radius 1 is 1.11 bits per heavy atom. The minimum absolute atomic E-state index is 0.236. The number of hydrogen-bond donors (Lipinski definition) is 1. The number of nitrogens with zero attached hydrogens (tertiary/aromatic N) is 1. The summed E-state index contributed by atoms with van der Waals surface area (Å²) in [5.41, 5.74) is 2.28. The molecule has 136 valence electrons. The number of aryl methyl sites for hydroxylation is 2. The SMILES string of the molecule is Cc1nc(NC(=O)c2oc3ccccc3c2COc2ccccc2)sc1C. The van der Waals surface area contributed by atoms with Crippen molar-refractivity contribution in [1.29, 1.82) is 0 Å². The van der Waals surface area contributed by atoms with Crippen LogP contribution >= 0.6 is 11.3 Å². The molecular formula is C21H18N2O3S. The molecule has 0 aliphatic carbocycles. The van der Waals surface area contributed by atoms with E-state index in [0.29, 0.717) is 10.7 Å². The molecule has 0 atom stereocenters. The van der Waals surface area contributed by atoms with E-state index in [1.807, 2.05) is 68.4 Å². The molecule has 0 saturated heterocycles. The van der Waals surface area contributed by atoms with E-state index in [9.17, 15) is 4.79 Å². The predicted octanol–water partition coefficient (Wildman–Crippen LogP) is 5.34. The number of benzene rings is 2. The molecular weight excluding hydrogens is 360 g/mol. The van der Waals surface area contributed by atoms with Gasteiger partial charge in [-0.05, 0) is 32.0 Å². The van der Waals surface area contributed by atoms with Crippen molar-refractivity contribution in [2.75, 3.05) is 5.32 Å². The number of fused-ring (bicyclic) bond motifs is 1. The lowest BCUT2D eigenvalue weighted by atomic mass is 10.1. The van der Waals surface area contributed by atoms with Gasteiger partial charge in [-0.2, -0.15) is 0 Å². The number of anilines is 1. The smallest absolute Gasteiger partial charge is 0.293 e. The Bertz CT molecular complexity index is 1080. The first-order chi connectivity index (χ1) is 13.1. The second-order valence-electron chi connectivity index (χ2n) is 6.12. The molecule has 4 rings (SSSR count). The summed E-state index contributed by atoms with van der Waals surface area (Å²) < 4.78 is 11.7. The van der Waals surface area contributed by atoms with Gasteiger partial charge in [0.15, 0.2) is 10.9 Å². The molecule has 0 bridgehead atoms. The fourth-order valence-electron chi connectivity index (χ4n) is 2.78. The summed E-state index contributed by atoms with van der Waals surface area (Å²) in [5.74, 6) is 0.657. The average Bonchev–Trinajstić information content (AvgIpc) is 3.20. The molecule has 6 heteroatoms. The van der Waals surface area contributed by atoms with Crippen molar-refractivity contribution >= 4 is 33.3 Å². The predicted molar refractivity (Wildman–Crippen MR) is 107 cm³/mol. The van der Waals surface area contributed by atoms with Gasteiger partial charge in [0.05, 0.1) is 5.69 Å². The zero-order valence-corrected chi connectivity index (χ0v) is 15.8. The molecule has 5 nitrogen and oxygen atoms in total. The minimum atomic E-state index is -0.327. The van der Waals surface area contributed by atoms with Crippen LogP contribution in [0.3, 0.4) is 0 Å². The Kier molecular flexibility index (Phi) is 4.64. The van der Waals surface area contributed by atoms with E-state index < -0.39 is 0 Å². The van der Waals surface area contributed by atoms with Gasteiger partial charge in [0, 0.05) is 15.8 Å². The Hall–Kier alpha value is -3.12. The van der Waals surface area contributed by atoms with Crippen LogP contribution in [0.15, 0.2) is 59.0 Å². The summed E-state index contributed by atoms with van der Waals surface area (Å²) in [4.78, 5) is 18.3. The van der Waals surface area contributed by atoms with Gasteiger partial charge in [0.1, 0.15) is 17.9 Å². The van der Waals surface area contributed by atoms with E-state index in [4.69, 9.17) is 9.15 Å². The normalized spacial score (nSPS) is 10.9. The number of furan rings is 1. The van der Waals surface area contributed by atoms with Gasteiger partial charge >= 0.3 is 0 Å². The standard InChI is InChI=1S/C21H18N2O3S/c1-13-14(2)27-21(22-13)23-20(24)19-17(12-25-15-8-4-3-5-9-15)16-10-6-7-11-18(16)26-19/h3-11H,12H2,1-2H3,(H,22,23,24). The topological polar surface area (TPSA) is 64.4 Å². The van der Waals surface area contributed by atoms with Crippen LogP contribution in [0.4, 0.5) is 5.13 Å². The Morgan fingerprint density at radius 3 is 2.59 bits per heavy atom. The molecule has 4 aromatic rings. The number of aromatic nitrogens is 1. The van der Waals surface area contributed by atoms with Crippen LogP contribution in [0.5, 0.6) is 5.75 Å². The summed E-state index contributed by atoms with van der Waals surface area (Å²) in [5, 5.41) is 4.26. The molecule has 0 radical (unpaired) electrons. The van der Waals surface area contributed by atoms with Crippen molar-refractivity contribution in [3.8, 4) is 5.75 Å². The lowest BCUT2D eigenvalue weighted by Crippen LogP contribution is -2.13. The van der Waals surface area contributed by atoms with Crippen molar-refractivity contribution in [3.05, 3.63) is 76.5 Å². The largest absolute Gasteiger partial charge is 0.489 e. The first-order valence-corrected chi connectivity index (χ1v) is 9.37. The fourth-order valence-corrected chi connectivity index (χ4v) is 3.59. The number of carbonyl (C=O) groups excluding carboxylic acids is 1. The molecule has 2 aromatic heterocycles. The van der Waals surface area contributed by atoms with E-state index in [1.54, 1.807) is 0 Å². The highest BCUT2D eigenvalue weighted by Gasteiger charge is 2.22. The maximum absolute atomic E-state index is 12.8. The number of rotatable bonds is 5. The molecule has 1 N–H and O–H groups in total. The van der Waals surface area contributed by atoms with Crippen molar-refractivity contribution in [3.63, 3.8) is 0 Å². The summed E-state index contributed by atoms with van der Waals surface area (Å²) in [6, 6.07) is 17.1. The number of nitrogens with one attached hydrogen (secondary N) is 1. The average molecular weight is 378 g/mol. The third kappa shape index (κ3) is 3.57. The van der Waals surface area contributed by atoms with E-state index in [1.165, 1.54) is 11.3 Å². The van der Waals surface area contributed by atoms with E-state index in [0.717, 1.165) is 27.3 Å². The second-order valence-corrected chi connectivity index (χ2v) is 7.33. The van der Waals surface area contributed by atoms with Crippen molar-refractivity contribution in [1.82, 2.24) is 4.98 Å². The van der Waals surface area contributed by atoms with E-state index >= 15 is 0 Å². The van der Waals surface area contributed by atoms with Crippen molar-refractivity contribution in [2.24, 2.45) is 0 Å².